The first-order valence-electron chi connectivity index (χ1n) is 9.17. The molecule has 0 bridgehead atoms. The van der Waals surface area contributed by atoms with Gasteiger partial charge in [0.1, 0.15) is 12.4 Å². The molecular formula is C19H30N2O3. The molecule has 1 aromatic rings. The SMILES string of the molecule is CCCCOc1ccccc1NC(=O)OCCN1CCCCCC1. The van der Waals surface area contributed by atoms with Gasteiger partial charge in [-0.05, 0) is 44.5 Å². The van der Waals surface area contributed by atoms with Crippen molar-refractivity contribution in [1.29, 1.82) is 0 Å². The van der Waals surface area contributed by atoms with Gasteiger partial charge in [-0.1, -0.05) is 38.3 Å². The minimum atomic E-state index is -0.420. The second-order valence-electron chi connectivity index (χ2n) is 6.21. The summed E-state index contributed by atoms with van der Waals surface area (Å²) in [7, 11) is 0. The highest BCUT2D eigenvalue weighted by atomic mass is 16.5. The highest BCUT2D eigenvalue weighted by Gasteiger charge is 2.11. The molecule has 0 unspecified atom stereocenters. The number of para-hydroxylation sites is 2. The van der Waals surface area contributed by atoms with E-state index in [4.69, 9.17) is 9.47 Å². The average Bonchev–Trinajstić information content (AvgIpc) is 2.85. The number of carbonyl (C=O) groups excluding carboxylic acids is 1. The lowest BCUT2D eigenvalue weighted by Gasteiger charge is -2.19. The summed E-state index contributed by atoms with van der Waals surface area (Å²) in [5.41, 5.74) is 0.661. The van der Waals surface area contributed by atoms with E-state index >= 15 is 0 Å². The quantitative estimate of drug-likeness (QED) is 0.721. The molecule has 0 saturated carbocycles. The fourth-order valence-electron chi connectivity index (χ4n) is 2.80. The van der Waals surface area contributed by atoms with Crippen molar-refractivity contribution in [3.05, 3.63) is 24.3 Å². The van der Waals surface area contributed by atoms with Crippen molar-refractivity contribution >= 4 is 11.8 Å². The van der Waals surface area contributed by atoms with Gasteiger partial charge in [0.25, 0.3) is 0 Å². The molecule has 1 aliphatic heterocycles. The fourth-order valence-corrected chi connectivity index (χ4v) is 2.80. The van der Waals surface area contributed by atoms with E-state index in [0.717, 1.165) is 32.5 Å². The number of hydrogen-bond donors (Lipinski definition) is 1. The number of unbranched alkanes of at least 4 members (excludes halogenated alkanes) is 1. The van der Waals surface area contributed by atoms with Gasteiger partial charge in [0, 0.05) is 6.54 Å². The van der Waals surface area contributed by atoms with E-state index < -0.39 is 6.09 Å². The second-order valence-corrected chi connectivity index (χ2v) is 6.21. The summed E-state index contributed by atoms with van der Waals surface area (Å²) in [5, 5.41) is 2.78. The van der Waals surface area contributed by atoms with Gasteiger partial charge in [0.2, 0.25) is 0 Å². The number of rotatable bonds is 8. The molecule has 1 aromatic carbocycles. The number of nitrogens with zero attached hydrogens (tertiary/aromatic N) is 1. The number of anilines is 1. The Bertz CT molecular complexity index is 485. The van der Waals surface area contributed by atoms with E-state index in [2.05, 4.69) is 17.1 Å². The molecule has 1 saturated heterocycles. The lowest BCUT2D eigenvalue weighted by molar-refractivity contribution is 0.140. The number of ether oxygens (including phenoxy) is 2. The van der Waals surface area contributed by atoms with Crippen LogP contribution in [0.15, 0.2) is 24.3 Å². The Balaban J connectivity index is 1.73. The summed E-state index contributed by atoms with van der Waals surface area (Å²) in [6.45, 7) is 6.22. The van der Waals surface area contributed by atoms with Crippen LogP contribution < -0.4 is 10.1 Å². The first-order valence-corrected chi connectivity index (χ1v) is 9.17. The molecule has 0 aliphatic carbocycles. The van der Waals surface area contributed by atoms with Crippen molar-refractivity contribution in [2.45, 2.75) is 45.4 Å². The summed E-state index contributed by atoms with van der Waals surface area (Å²) in [6, 6.07) is 7.47. The molecule has 1 N–H and O–H groups in total. The summed E-state index contributed by atoms with van der Waals surface area (Å²) in [4.78, 5) is 14.4. The van der Waals surface area contributed by atoms with Crippen LogP contribution in [0.3, 0.4) is 0 Å². The second kappa shape index (κ2) is 10.9. The van der Waals surface area contributed by atoms with Crippen molar-refractivity contribution in [2.75, 3.05) is 38.2 Å². The fraction of sp³-hybridized carbons (Fsp3) is 0.632. The van der Waals surface area contributed by atoms with Crippen LogP contribution in [0, 0.1) is 0 Å². The Morgan fingerprint density at radius 2 is 1.88 bits per heavy atom. The van der Waals surface area contributed by atoms with Crippen LogP contribution >= 0.6 is 0 Å². The molecule has 5 heteroatoms. The Morgan fingerprint density at radius 3 is 2.62 bits per heavy atom. The predicted octanol–water partition coefficient (Wildman–Crippen LogP) is 4.29. The Kier molecular flexibility index (Phi) is 8.46. The summed E-state index contributed by atoms with van der Waals surface area (Å²) < 4.78 is 11.0. The maximum absolute atomic E-state index is 12.0. The van der Waals surface area contributed by atoms with Crippen LogP contribution in [-0.4, -0.2) is 43.8 Å². The number of likely N-dealkylation sites (tertiary alicyclic amines) is 1. The average molecular weight is 334 g/mol. The van der Waals surface area contributed by atoms with Crippen LogP contribution in [0.1, 0.15) is 45.4 Å². The normalized spacial score (nSPS) is 15.5. The Labute approximate surface area is 145 Å². The third kappa shape index (κ3) is 6.79. The summed E-state index contributed by atoms with van der Waals surface area (Å²) >= 11 is 0. The minimum Gasteiger partial charge on any atom is -0.491 e. The summed E-state index contributed by atoms with van der Waals surface area (Å²) in [5.74, 6) is 0.690. The largest absolute Gasteiger partial charge is 0.491 e. The maximum Gasteiger partial charge on any atom is 0.411 e. The van der Waals surface area contributed by atoms with Crippen LogP contribution in [0.2, 0.25) is 0 Å². The van der Waals surface area contributed by atoms with E-state index in [-0.39, 0.29) is 0 Å². The number of amides is 1. The van der Waals surface area contributed by atoms with Gasteiger partial charge < -0.3 is 9.47 Å². The molecule has 1 heterocycles. The van der Waals surface area contributed by atoms with Gasteiger partial charge in [-0.15, -0.1) is 0 Å². The number of benzene rings is 1. The topological polar surface area (TPSA) is 50.8 Å². The number of carbonyl (C=O) groups is 1. The molecule has 0 radical (unpaired) electrons. The minimum absolute atomic E-state index is 0.420. The van der Waals surface area contributed by atoms with Gasteiger partial charge in [0.15, 0.2) is 0 Å². The standard InChI is InChI=1S/C19H30N2O3/c1-2-3-15-23-18-11-7-6-10-17(18)20-19(22)24-16-14-21-12-8-4-5-9-13-21/h6-7,10-11H,2-5,8-9,12-16H2,1H3,(H,20,22). The van der Waals surface area contributed by atoms with E-state index in [0.29, 0.717) is 24.7 Å². The molecule has 2 rings (SSSR count). The molecule has 0 atom stereocenters. The van der Waals surface area contributed by atoms with Gasteiger partial charge >= 0.3 is 6.09 Å². The van der Waals surface area contributed by atoms with Crippen LogP contribution in [0.4, 0.5) is 10.5 Å². The number of nitrogens with one attached hydrogen (secondary N) is 1. The van der Waals surface area contributed by atoms with Gasteiger partial charge in [-0.2, -0.15) is 0 Å². The first kappa shape index (κ1) is 18.6. The molecular weight excluding hydrogens is 304 g/mol. The van der Waals surface area contributed by atoms with Gasteiger partial charge in [-0.3, -0.25) is 10.2 Å². The van der Waals surface area contributed by atoms with Gasteiger partial charge in [0.05, 0.1) is 12.3 Å². The summed E-state index contributed by atoms with van der Waals surface area (Å²) in [6.07, 6.45) is 6.77. The van der Waals surface area contributed by atoms with Crippen LogP contribution in [-0.2, 0) is 4.74 Å². The highest BCUT2D eigenvalue weighted by molar-refractivity contribution is 5.86. The Morgan fingerprint density at radius 1 is 1.12 bits per heavy atom. The highest BCUT2D eigenvalue weighted by Crippen LogP contribution is 2.24. The number of hydrogen-bond acceptors (Lipinski definition) is 4. The molecule has 1 amide bonds. The molecule has 1 fully saturated rings. The lowest BCUT2D eigenvalue weighted by atomic mass is 10.2. The van der Waals surface area contributed by atoms with Crippen molar-refractivity contribution in [1.82, 2.24) is 4.90 Å². The molecule has 1 aliphatic rings. The Hall–Kier alpha value is -1.75. The van der Waals surface area contributed by atoms with E-state index in [1.54, 1.807) is 0 Å². The van der Waals surface area contributed by atoms with Crippen LogP contribution in [0.25, 0.3) is 0 Å². The molecule has 0 spiro atoms. The molecule has 0 aromatic heterocycles. The first-order chi connectivity index (χ1) is 11.8. The van der Waals surface area contributed by atoms with Gasteiger partial charge in [-0.25, -0.2) is 4.79 Å². The maximum atomic E-state index is 12.0. The zero-order chi connectivity index (χ0) is 17.0. The zero-order valence-electron chi connectivity index (χ0n) is 14.8. The zero-order valence-corrected chi connectivity index (χ0v) is 14.8. The third-order valence-corrected chi connectivity index (χ3v) is 4.22. The van der Waals surface area contributed by atoms with Crippen LogP contribution in [0.5, 0.6) is 5.75 Å². The predicted molar refractivity (Wildman–Crippen MR) is 96.7 cm³/mol. The van der Waals surface area contributed by atoms with E-state index in [1.165, 1.54) is 25.7 Å². The van der Waals surface area contributed by atoms with Crippen molar-refractivity contribution in [3.63, 3.8) is 0 Å². The van der Waals surface area contributed by atoms with Crippen molar-refractivity contribution < 1.29 is 14.3 Å². The van der Waals surface area contributed by atoms with E-state index in [9.17, 15) is 4.79 Å². The molecule has 134 valence electrons. The molecule has 5 nitrogen and oxygen atoms in total. The van der Waals surface area contributed by atoms with Crippen molar-refractivity contribution in [2.24, 2.45) is 0 Å². The molecule has 24 heavy (non-hydrogen) atoms. The van der Waals surface area contributed by atoms with E-state index in [1.807, 2.05) is 24.3 Å². The monoisotopic (exact) mass is 334 g/mol. The lowest BCUT2D eigenvalue weighted by Crippen LogP contribution is -2.30. The smallest absolute Gasteiger partial charge is 0.411 e. The van der Waals surface area contributed by atoms with Crippen molar-refractivity contribution in [3.8, 4) is 5.75 Å². The third-order valence-electron chi connectivity index (χ3n) is 4.22.